The first kappa shape index (κ1) is 10.1. The Bertz CT molecular complexity index is 217. The lowest BCUT2D eigenvalue weighted by molar-refractivity contribution is -0.138. The number of nitrogens with zero attached hydrogens (tertiary/aromatic N) is 1. The van der Waals surface area contributed by atoms with Gasteiger partial charge in [0.15, 0.2) is 0 Å². The van der Waals surface area contributed by atoms with Crippen molar-refractivity contribution >= 4 is 11.8 Å². The second kappa shape index (κ2) is 4.34. The molecule has 2 N–H and O–H groups in total. The lowest BCUT2D eigenvalue weighted by atomic mass is 10.3. The number of methoxy groups -OCH3 is 1. The Morgan fingerprint density at radius 1 is 1.62 bits per heavy atom. The maximum absolute atomic E-state index is 11.2. The van der Waals surface area contributed by atoms with Crippen molar-refractivity contribution in [2.45, 2.75) is 18.9 Å². The van der Waals surface area contributed by atoms with E-state index >= 15 is 0 Å². The van der Waals surface area contributed by atoms with Gasteiger partial charge < -0.3 is 10.5 Å². The van der Waals surface area contributed by atoms with Crippen molar-refractivity contribution in [3.8, 4) is 0 Å². The van der Waals surface area contributed by atoms with E-state index in [4.69, 9.17) is 10.5 Å². The van der Waals surface area contributed by atoms with E-state index in [1.807, 2.05) is 0 Å². The van der Waals surface area contributed by atoms with Crippen molar-refractivity contribution in [1.82, 2.24) is 4.90 Å². The molecule has 5 heteroatoms. The Morgan fingerprint density at radius 3 is 2.77 bits per heavy atom. The van der Waals surface area contributed by atoms with E-state index in [-0.39, 0.29) is 18.2 Å². The summed E-state index contributed by atoms with van der Waals surface area (Å²) in [6, 6.07) is -0.630. The Kier molecular flexibility index (Phi) is 3.39. The van der Waals surface area contributed by atoms with E-state index < -0.39 is 6.04 Å². The van der Waals surface area contributed by atoms with E-state index in [2.05, 4.69) is 0 Å². The third-order valence-corrected chi connectivity index (χ3v) is 2.01. The number of hydrogen-bond acceptors (Lipinski definition) is 4. The molecule has 1 atom stereocenters. The van der Waals surface area contributed by atoms with Crippen molar-refractivity contribution < 1.29 is 14.3 Å². The number of carbonyl (C=O) groups excluding carboxylic acids is 2. The third kappa shape index (κ3) is 2.26. The second-order valence-corrected chi connectivity index (χ2v) is 3.04. The van der Waals surface area contributed by atoms with Crippen LogP contribution in [-0.4, -0.2) is 43.0 Å². The van der Waals surface area contributed by atoms with Gasteiger partial charge in [-0.1, -0.05) is 0 Å². The fourth-order valence-corrected chi connectivity index (χ4v) is 1.31. The van der Waals surface area contributed by atoms with Crippen LogP contribution < -0.4 is 5.73 Å². The van der Waals surface area contributed by atoms with Gasteiger partial charge in [0.2, 0.25) is 11.8 Å². The van der Waals surface area contributed by atoms with Gasteiger partial charge >= 0.3 is 0 Å². The van der Waals surface area contributed by atoms with Gasteiger partial charge in [-0.05, 0) is 6.42 Å². The molecule has 0 radical (unpaired) electrons. The highest BCUT2D eigenvalue weighted by atomic mass is 16.5. The van der Waals surface area contributed by atoms with Crippen LogP contribution in [0.4, 0.5) is 0 Å². The minimum Gasteiger partial charge on any atom is -0.385 e. The molecule has 0 aromatic rings. The van der Waals surface area contributed by atoms with Crippen LogP contribution in [0.1, 0.15) is 12.8 Å². The lowest BCUT2D eigenvalue weighted by Crippen LogP contribution is -2.36. The standard InChI is InChI=1S/C8H14N2O3/c1-13-4-2-3-10-7(11)5-6(9)8(10)12/h6H,2-5,9H2,1H3/t6-/m0/s1. The van der Waals surface area contributed by atoms with Crippen LogP contribution in [0.5, 0.6) is 0 Å². The molecule has 0 aromatic carbocycles. The van der Waals surface area contributed by atoms with Gasteiger partial charge in [-0.2, -0.15) is 0 Å². The molecule has 1 aliphatic heterocycles. The lowest BCUT2D eigenvalue weighted by Gasteiger charge is -2.13. The first-order chi connectivity index (χ1) is 6.16. The first-order valence-corrected chi connectivity index (χ1v) is 4.25. The molecule has 1 heterocycles. The van der Waals surface area contributed by atoms with Crippen LogP contribution >= 0.6 is 0 Å². The Hall–Kier alpha value is -0.940. The topological polar surface area (TPSA) is 72.6 Å². The van der Waals surface area contributed by atoms with E-state index in [9.17, 15) is 9.59 Å². The van der Waals surface area contributed by atoms with E-state index in [0.29, 0.717) is 19.6 Å². The maximum atomic E-state index is 11.2. The molecular formula is C8H14N2O3. The smallest absolute Gasteiger partial charge is 0.246 e. The van der Waals surface area contributed by atoms with Gasteiger partial charge in [0.25, 0.3) is 0 Å². The van der Waals surface area contributed by atoms with Crippen LogP contribution in [0.15, 0.2) is 0 Å². The van der Waals surface area contributed by atoms with Crippen molar-refractivity contribution in [2.24, 2.45) is 5.73 Å². The zero-order valence-electron chi connectivity index (χ0n) is 7.66. The summed E-state index contributed by atoms with van der Waals surface area (Å²) >= 11 is 0. The van der Waals surface area contributed by atoms with Crippen LogP contribution in [0.25, 0.3) is 0 Å². The highest BCUT2D eigenvalue weighted by Crippen LogP contribution is 2.10. The van der Waals surface area contributed by atoms with Gasteiger partial charge in [0, 0.05) is 20.3 Å². The number of ether oxygens (including phenoxy) is 1. The summed E-state index contributed by atoms with van der Waals surface area (Å²) in [7, 11) is 1.58. The monoisotopic (exact) mass is 186 g/mol. The van der Waals surface area contributed by atoms with E-state index in [1.54, 1.807) is 7.11 Å². The van der Waals surface area contributed by atoms with Crippen LogP contribution in [0, 0.1) is 0 Å². The van der Waals surface area contributed by atoms with Crippen molar-refractivity contribution in [3.05, 3.63) is 0 Å². The van der Waals surface area contributed by atoms with Crippen molar-refractivity contribution in [1.29, 1.82) is 0 Å². The Balaban J connectivity index is 2.40. The summed E-state index contributed by atoms with van der Waals surface area (Å²) in [6.45, 7) is 0.964. The number of carbonyl (C=O) groups is 2. The number of imide groups is 1. The largest absolute Gasteiger partial charge is 0.385 e. The minimum absolute atomic E-state index is 0.145. The molecule has 0 aliphatic carbocycles. The zero-order chi connectivity index (χ0) is 9.84. The summed E-state index contributed by atoms with van der Waals surface area (Å²) in [5.41, 5.74) is 5.42. The van der Waals surface area contributed by atoms with Crippen LogP contribution in [0.2, 0.25) is 0 Å². The predicted octanol–water partition coefficient (Wildman–Crippen LogP) is -0.891. The maximum Gasteiger partial charge on any atom is 0.246 e. The molecule has 0 saturated carbocycles. The van der Waals surface area contributed by atoms with Crippen LogP contribution in [-0.2, 0) is 14.3 Å². The normalized spacial score (nSPS) is 22.9. The Morgan fingerprint density at radius 2 is 2.31 bits per heavy atom. The molecule has 13 heavy (non-hydrogen) atoms. The number of hydrogen-bond donors (Lipinski definition) is 1. The second-order valence-electron chi connectivity index (χ2n) is 3.04. The number of nitrogens with two attached hydrogens (primary N) is 1. The molecule has 1 aliphatic rings. The number of amides is 2. The van der Waals surface area contributed by atoms with Gasteiger partial charge in [0.05, 0.1) is 12.5 Å². The molecule has 74 valence electrons. The molecule has 5 nitrogen and oxygen atoms in total. The summed E-state index contributed by atoms with van der Waals surface area (Å²) in [6.07, 6.45) is 0.812. The minimum atomic E-state index is -0.630. The van der Waals surface area contributed by atoms with Crippen molar-refractivity contribution in [3.63, 3.8) is 0 Å². The summed E-state index contributed by atoms with van der Waals surface area (Å²) in [4.78, 5) is 23.6. The average molecular weight is 186 g/mol. The first-order valence-electron chi connectivity index (χ1n) is 4.25. The van der Waals surface area contributed by atoms with Gasteiger partial charge in [0.1, 0.15) is 0 Å². The molecule has 1 fully saturated rings. The Labute approximate surface area is 76.8 Å². The number of likely N-dealkylation sites (tertiary alicyclic amines) is 1. The molecule has 0 aromatic heterocycles. The molecule has 1 rings (SSSR count). The number of rotatable bonds is 4. The molecule has 0 unspecified atom stereocenters. The molecular weight excluding hydrogens is 172 g/mol. The van der Waals surface area contributed by atoms with Gasteiger partial charge in [-0.15, -0.1) is 0 Å². The van der Waals surface area contributed by atoms with Crippen LogP contribution in [0.3, 0.4) is 0 Å². The predicted molar refractivity (Wildman–Crippen MR) is 45.8 cm³/mol. The van der Waals surface area contributed by atoms with Gasteiger partial charge in [-0.25, -0.2) is 0 Å². The van der Waals surface area contributed by atoms with Gasteiger partial charge in [-0.3, -0.25) is 14.5 Å². The molecule has 0 spiro atoms. The quantitative estimate of drug-likeness (QED) is 0.456. The van der Waals surface area contributed by atoms with E-state index in [1.165, 1.54) is 4.90 Å². The summed E-state index contributed by atoms with van der Waals surface area (Å²) in [5.74, 6) is -0.435. The highest BCUT2D eigenvalue weighted by Gasteiger charge is 2.35. The van der Waals surface area contributed by atoms with Crippen molar-refractivity contribution in [2.75, 3.05) is 20.3 Å². The summed E-state index contributed by atoms with van der Waals surface area (Å²) < 4.78 is 4.82. The molecule has 2 amide bonds. The zero-order valence-corrected chi connectivity index (χ0v) is 7.66. The third-order valence-electron chi connectivity index (χ3n) is 2.01. The average Bonchev–Trinajstić information content (AvgIpc) is 2.32. The molecule has 0 bridgehead atoms. The highest BCUT2D eigenvalue weighted by molar-refractivity contribution is 6.05. The van der Waals surface area contributed by atoms with E-state index in [0.717, 1.165) is 0 Å². The fraction of sp³-hybridized carbons (Fsp3) is 0.750. The molecule has 1 saturated heterocycles. The fourth-order valence-electron chi connectivity index (χ4n) is 1.31. The summed E-state index contributed by atoms with van der Waals surface area (Å²) in [5, 5.41) is 0. The SMILES string of the molecule is COCCCN1C(=O)C[C@H](N)C1=O.